The normalized spacial score (nSPS) is 13.2. The van der Waals surface area contributed by atoms with E-state index in [9.17, 15) is 14.4 Å². The van der Waals surface area contributed by atoms with Crippen LogP contribution in [0.2, 0.25) is 0 Å². The van der Waals surface area contributed by atoms with Gasteiger partial charge < -0.3 is 5.32 Å². The zero-order chi connectivity index (χ0) is 14.3. The molecule has 0 aromatic carbocycles. The van der Waals surface area contributed by atoms with Crippen LogP contribution in [0.4, 0.5) is 0 Å². The molecular weight excluding hydrogens is 248 g/mol. The van der Waals surface area contributed by atoms with Crippen molar-refractivity contribution in [1.82, 2.24) is 15.7 Å². The maximum absolute atomic E-state index is 11.8. The summed E-state index contributed by atoms with van der Waals surface area (Å²) in [6, 6.07) is 3.97. The first-order valence-electron chi connectivity index (χ1n) is 5.68. The molecule has 101 valence electrons. The maximum Gasteiger partial charge on any atom is 0.270 e. The Balaban J connectivity index is 2.60. The van der Waals surface area contributed by atoms with E-state index in [1.807, 2.05) is 5.43 Å². The third-order valence-electron chi connectivity index (χ3n) is 2.52. The highest BCUT2D eigenvalue weighted by molar-refractivity contribution is 5.93. The summed E-state index contributed by atoms with van der Waals surface area (Å²) in [6.07, 6.45) is 3.27. The molecule has 1 aromatic heterocycles. The Labute approximate surface area is 110 Å². The van der Waals surface area contributed by atoms with Crippen LogP contribution in [0.25, 0.3) is 0 Å². The van der Waals surface area contributed by atoms with E-state index in [1.54, 1.807) is 25.3 Å². The van der Waals surface area contributed by atoms with Crippen LogP contribution in [0.1, 0.15) is 23.8 Å². The second kappa shape index (κ2) is 7.22. The van der Waals surface area contributed by atoms with Crippen molar-refractivity contribution in [2.24, 2.45) is 11.8 Å². The zero-order valence-corrected chi connectivity index (χ0v) is 10.4. The summed E-state index contributed by atoms with van der Waals surface area (Å²) >= 11 is 0. The molecule has 0 bridgehead atoms. The van der Waals surface area contributed by atoms with Gasteiger partial charge in [0, 0.05) is 12.1 Å². The van der Waals surface area contributed by atoms with Crippen molar-refractivity contribution in [1.29, 1.82) is 0 Å². The van der Waals surface area contributed by atoms with E-state index in [0.29, 0.717) is 0 Å². The Hall–Kier alpha value is -2.28. The van der Waals surface area contributed by atoms with E-state index in [1.165, 1.54) is 12.3 Å². The Morgan fingerprint density at radius 1 is 1.47 bits per heavy atom. The van der Waals surface area contributed by atoms with Gasteiger partial charge in [0.05, 0.1) is 6.04 Å². The van der Waals surface area contributed by atoms with Gasteiger partial charge >= 0.3 is 0 Å². The number of nitrogens with two attached hydrogens (primary N) is 1. The summed E-state index contributed by atoms with van der Waals surface area (Å²) in [6.45, 7) is 1.60. The number of amides is 2. The summed E-state index contributed by atoms with van der Waals surface area (Å²) in [7, 11) is 0. The van der Waals surface area contributed by atoms with Crippen molar-refractivity contribution in [2.75, 3.05) is 0 Å². The summed E-state index contributed by atoms with van der Waals surface area (Å²) < 4.78 is 0. The smallest absolute Gasteiger partial charge is 0.270 e. The molecule has 0 saturated carbocycles. The molecular formula is C12H15N4O3. The van der Waals surface area contributed by atoms with Crippen LogP contribution in [0.3, 0.4) is 0 Å². The Kier molecular flexibility index (Phi) is 5.62. The van der Waals surface area contributed by atoms with E-state index in [4.69, 9.17) is 5.84 Å². The van der Waals surface area contributed by atoms with E-state index >= 15 is 0 Å². The van der Waals surface area contributed by atoms with Gasteiger partial charge in [-0.25, -0.2) is 5.84 Å². The number of hydrogen-bond acceptors (Lipinski definition) is 5. The molecule has 0 saturated heterocycles. The molecule has 2 amide bonds. The number of carbonyl (C=O) groups is 2. The zero-order valence-electron chi connectivity index (χ0n) is 10.4. The summed E-state index contributed by atoms with van der Waals surface area (Å²) in [4.78, 5) is 37.6. The molecule has 7 nitrogen and oxygen atoms in total. The number of pyridine rings is 1. The number of rotatable bonds is 6. The Morgan fingerprint density at radius 3 is 2.74 bits per heavy atom. The highest BCUT2D eigenvalue weighted by Gasteiger charge is 2.21. The monoisotopic (exact) mass is 263 g/mol. The second-order valence-electron chi connectivity index (χ2n) is 4.00. The van der Waals surface area contributed by atoms with Crippen molar-refractivity contribution in [3.8, 4) is 0 Å². The van der Waals surface area contributed by atoms with Gasteiger partial charge in [0.1, 0.15) is 5.69 Å². The lowest BCUT2D eigenvalue weighted by Gasteiger charge is -2.15. The third-order valence-corrected chi connectivity index (χ3v) is 2.52. The number of hydrogen-bond donors (Lipinski definition) is 3. The van der Waals surface area contributed by atoms with Crippen molar-refractivity contribution in [3.05, 3.63) is 30.1 Å². The van der Waals surface area contributed by atoms with Gasteiger partial charge in [-0.1, -0.05) is 13.0 Å². The summed E-state index contributed by atoms with van der Waals surface area (Å²) in [5.41, 5.74) is 2.18. The van der Waals surface area contributed by atoms with Crippen LogP contribution in [0, 0.1) is 5.92 Å². The minimum Gasteiger partial charge on any atom is -0.340 e. The number of hydrazine groups is 1. The average molecular weight is 263 g/mol. The van der Waals surface area contributed by atoms with E-state index in [-0.39, 0.29) is 12.1 Å². The minimum atomic E-state index is -0.887. The van der Waals surface area contributed by atoms with E-state index in [0.717, 1.165) is 0 Å². The van der Waals surface area contributed by atoms with E-state index < -0.39 is 23.8 Å². The van der Waals surface area contributed by atoms with Crippen molar-refractivity contribution < 1.29 is 14.4 Å². The number of nitrogens with one attached hydrogen (secondary N) is 2. The standard InChI is InChI=1S/C12H15N4O3/c1-8(11(18)16-13)6-9(7-17)15-12(19)10-4-2-3-5-14-10/h2-5,8-9H,6,13H2,1H3,(H,15,19)(H,16,18)/t8?,9-/m0/s1. The lowest BCUT2D eigenvalue weighted by Crippen LogP contribution is -2.41. The van der Waals surface area contributed by atoms with Crippen molar-refractivity contribution in [2.45, 2.75) is 19.4 Å². The summed E-state index contributed by atoms with van der Waals surface area (Å²) in [5, 5.41) is 2.45. The topological polar surface area (TPSA) is 114 Å². The largest absolute Gasteiger partial charge is 0.340 e. The molecule has 1 radical (unpaired) electrons. The van der Waals surface area contributed by atoms with Crippen LogP contribution in [-0.4, -0.2) is 29.1 Å². The first kappa shape index (κ1) is 14.8. The van der Waals surface area contributed by atoms with Crippen molar-refractivity contribution in [3.63, 3.8) is 0 Å². The quantitative estimate of drug-likeness (QED) is 0.357. The maximum atomic E-state index is 11.8. The Bertz CT molecular complexity index is 450. The third kappa shape index (κ3) is 4.47. The molecule has 0 aliphatic heterocycles. The van der Waals surface area contributed by atoms with Gasteiger partial charge in [-0.15, -0.1) is 0 Å². The predicted molar refractivity (Wildman–Crippen MR) is 67.3 cm³/mol. The first-order chi connectivity index (χ1) is 9.08. The van der Waals surface area contributed by atoms with Gasteiger partial charge in [0.2, 0.25) is 12.2 Å². The fourth-order valence-corrected chi connectivity index (χ4v) is 1.47. The number of aromatic nitrogens is 1. The van der Waals surface area contributed by atoms with Crippen LogP contribution >= 0.6 is 0 Å². The van der Waals surface area contributed by atoms with Crippen LogP contribution in [0.15, 0.2) is 24.4 Å². The fraction of sp³-hybridized carbons (Fsp3) is 0.333. The first-order valence-corrected chi connectivity index (χ1v) is 5.68. The average Bonchev–Trinajstić information content (AvgIpc) is 2.46. The van der Waals surface area contributed by atoms with Crippen LogP contribution < -0.4 is 16.6 Å². The second-order valence-corrected chi connectivity index (χ2v) is 4.00. The highest BCUT2D eigenvalue weighted by Crippen LogP contribution is 2.05. The van der Waals surface area contributed by atoms with Crippen LogP contribution in [-0.2, 0) is 9.59 Å². The lowest BCUT2D eigenvalue weighted by atomic mass is 10.0. The van der Waals surface area contributed by atoms with Crippen molar-refractivity contribution >= 4 is 18.1 Å². The molecule has 0 spiro atoms. The SMILES string of the molecule is CC(C[C@@H]([C]=O)NC(=O)c1ccccn1)C(=O)NN. The lowest BCUT2D eigenvalue weighted by molar-refractivity contribution is -0.124. The molecule has 1 unspecified atom stereocenters. The molecule has 0 aliphatic carbocycles. The fourth-order valence-electron chi connectivity index (χ4n) is 1.47. The molecule has 0 fully saturated rings. The predicted octanol–water partition coefficient (Wildman–Crippen LogP) is -0.694. The van der Waals surface area contributed by atoms with Gasteiger partial charge in [-0.3, -0.25) is 24.8 Å². The molecule has 0 aliphatic rings. The van der Waals surface area contributed by atoms with Gasteiger partial charge in [-0.2, -0.15) is 0 Å². The van der Waals surface area contributed by atoms with Crippen LogP contribution in [0.5, 0.6) is 0 Å². The molecule has 19 heavy (non-hydrogen) atoms. The van der Waals surface area contributed by atoms with E-state index in [2.05, 4.69) is 10.3 Å². The molecule has 2 atom stereocenters. The minimum absolute atomic E-state index is 0.116. The van der Waals surface area contributed by atoms with Gasteiger partial charge in [0.25, 0.3) is 5.91 Å². The van der Waals surface area contributed by atoms with Gasteiger partial charge in [0.15, 0.2) is 0 Å². The van der Waals surface area contributed by atoms with Gasteiger partial charge in [-0.05, 0) is 18.6 Å². The molecule has 7 heteroatoms. The number of nitrogens with zero attached hydrogens (tertiary/aromatic N) is 1. The molecule has 1 heterocycles. The highest BCUT2D eigenvalue weighted by atomic mass is 16.2. The Morgan fingerprint density at radius 2 is 2.21 bits per heavy atom. The summed E-state index contributed by atoms with van der Waals surface area (Å²) in [5.74, 6) is 3.57. The molecule has 1 aromatic rings. The molecule has 1 rings (SSSR count). The number of carbonyl (C=O) groups excluding carboxylic acids is 3. The molecule has 4 N–H and O–H groups in total.